The van der Waals surface area contributed by atoms with Gasteiger partial charge in [0.25, 0.3) is 0 Å². The van der Waals surface area contributed by atoms with Gasteiger partial charge in [0.1, 0.15) is 11.1 Å². The van der Waals surface area contributed by atoms with Crippen LogP contribution in [0, 0.1) is 18.3 Å². The molecule has 0 spiro atoms. The van der Waals surface area contributed by atoms with Gasteiger partial charge in [-0.05, 0) is 17.9 Å². The van der Waals surface area contributed by atoms with E-state index in [0.717, 1.165) is 5.56 Å². The minimum Gasteiger partial charge on any atom is -0.211 e. The van der Waals surface area contributed by atoms with Gasteiger partial charge < -0.3 is 0 Å². The van der Waals surface area contributed by atoms with Gasteiger partial charge >= 0.3 is 0 Å². The van der Waals surface area contributed by atoms with E-state index >= 15 is 0 Å². The van der Waals surface area contributed by atoms with Crippen molar-refractivity contribution in [2.45, 2.75) is 6.92 Å². The van der Waals surface area contributed by atoms with Crippen molar-refractivity contribution < 1.29 is 4.79 Å². The lowest BCUT2D eigenvalue weighted by atomic mass is 10.2. The van der Waals surface area contributed by atoms with Gasteiger partial charge in [-0.2, -0.15) is 10.3 Å². The number of hydrogen-bond acceptors (Lipinski definition) is 4. The van der Waals surface area contributed by atoms with Crippen molar-refractivity contribution in [1.82, 2.24) is 0 Å². The third-order valence-electron chi connectivity index (χ3n) is 1.21. The number of aliphatic imine (C=N–C) groups is 1. The molecule has 0 aliphatic carbocycles. The molecular formula is C7H4N2OS. The van der Waals surface area contributed by atoms with Crippen LogP contribution >= 0.6 is 11.3 Å². The van der Waals surface area contributed by atoms with Gasteiger partial charge in [0.05, 0.1) is 5.56 Å². The van der Waals surface area contributed by atoms with Crippen LogP contribution in [0.4, 0.5) is 5.00 Å². The number of aryl methyl sites for hydroxylation is 1. The molecule has 1 rings (SSSR count). The van der Waals surface area contributed by atoms with Gasteiger partial charge in [-0.15, -0.1) is 11.3 Å². The Morgan fingerprint density at radius 2 is 2.45 bits per heavy atom. The summed E-state index contributed by atoms with van der Waals surface area (Å²) in [4.78, 5) is 13.2. The molecular weight excluding hydrogens is 160 g/mol. The Morgan fingerprint density at radius 3 is 3.00 bits per heavy atom. The zero-order valence-electron chi connectivity index (χ0n) is 5.79. The summed E-state index contributed by atoms with van der Waals surface area (Å²) < 4.78 is 0. The van der Waals surface area contributed by atoms with E-state index in [2.05, 4.69) is 4.99 Å². The molecule has 0 saturated carbocycles. The predicted molar refractivity (Wildman–Crippen MR) is 41.6 cm³/mol. The highest BCUT2D eigenvalue weighted by atomic mass is 32.1. The normalized spacial score (nSPS) is 8.36. The maximum Gasteiger partial charge on any atom is 0.241 e. The molecule has 3 nitrogen and oxygen atoms in total. The lowest BCUT2D eigenvalue weighted by Gasteiger charge is -1.83. The Bertz CT molecular complexity index is 355. The molecule has 54 valence electrons. The molecule has 0 aliphatic heterocycles. The standard InChI is InChI=1S/C7H4N2OS/c1-5-3-11-7(9-4-10)6(5)2-8/h3H,1H3. The van der Waals surface area contributed by atoms with E-state index in [4.69, 9.17) is 5.26 Å². The first kappa shape index (κ1) is 7.67. The first-order chi connectivity index (χ1) is 5.29. The predicted octanol–water partition coefficient (Wildman–Crippen LogP) is 1.90. The van der Waals surface area contributed by atoms with Gasteiger partial charge in [-0.25, -0.2) is 4.79 Å². The summed E-state index contributed by atoms with van der Waals surface area (Å²) in [5.74, 6) is 0. The maximum absolute atomic E-state index is 9.86. The van der Waals surface area contributed by atoms with Gasteiger partial charge in [0, 0.05) is 0 Å². The Kier molecular flexibility index (Phi) is 2.17. The second kappa shape index (κ2) is 3.11. The number of isocyanates is 1. The van der Waals surface area contributed by atoms with Crippen LogP contribution in [0.15, 0.2) is 10.4 Å². The van der Waals surface area contributed by atoms with Crippen LogP contribution in [0.2, 0.25) is 0 Å². The van der Waals surface area contributed by atoms with Gasteiger partial charge in [-0.3, -0.25) is 0 Å². The molecule has 0 aliphatic rings. The zero-order chi connectivity index (χ0) is 8.27. The topological polar surface area (TPSA) is 53.2 Å². The third kappa shape index (κ3) is 1.35. The minimum atomic E-state index is 0.444. The molecule has 1 aromatic rings. The quantitative estimate of drug-likeness (QED) is 0.470. The molecule has 4 heteroatoms. The van der Waals surface area contributed by atoms with Crippen LogP contribution in [-0.4, -0.2) is 6.08 Å². The fourth-order valence-corrected chi connectivity index (χ4v) is 1.51. The molecule has 0 saturated heterocycles. The summed E-state index contributed by atoms with van der Waals surface area (Å²) in [5.41, 5.74) is 1.32. The number of nitriles is 1. The van der Waals surface area contributed by atoms with Crippen LogP contribution < -0.4 is 0 Å². The molecule has 0 unspecified atom stereocenters. The number of rotatable bonds is 1. The van der Waals surface area contributed by atoms with Crippen molar-refractivity contribution in [3.05, 3.63) is 16.5 Å². The smallest absolute Gasteiger partial charge is 0.211 e. The highest BCUT2D eigenvalue weighted by Crippen LogP contribution is 2.28. The average Bonchev–Trinajstić information content (AvgIpc) is 2.33. The Morgan fingerprint density at radius 1 is 1.73 bits per heavy atom. The molecule has 0 bridgehead atoms. The molecule has 0 atom stereocenters. The highest BCUT2D eigenvalue weighted by molar-refractivity contribution is 7.14. The van der Waals surface area contributed by atoms with Gasteiger partial charge in [0.2, 0.25) is 6.08 Å². The van der Waals surface area contributed by atoms with Crippen LogP contribution in [0.3, 0.4) is 0 Å². The lowest BCUT2D eigenvalue weighted by molar-refractivity contribution is 0.565. The Labute approximate surface area is 67.6 Å². The molecule has 11 heavy (non-hydrogen) atoms. The van der Waals surface area contributed by atoms with Gasteiger partial charge in [0.15, 0.2) is 0 Å². The van der Waals surface area contributed by atoms with Gasteiger partial charge in [-0.1, -0.05) is 0 Å². The second-order valence-corrected chi connectivity index (χ2v) is 2.77. The van der Waals surface area contributed by atoms with E-state index in [1.165, 1.54) is 17.4 Å². The fourth-order valence-electron chi connectivity index (χ4n) is 0.690. The number of carbonyl (C=O) groups excluding carboxylic acids is 1. The first-order valence-corrected chi connectivity index (χ1v) is 3.73. The van der Waals surface area contributed by atoms with E-state index in [9.17, 15) is 4.79 Å². The van der Waals surface area contributed by atoms with E-state index in [0.29, 0.717) is 10.6 Å². The van der Waals surface area contributed by atoms with Crippen molar-refractivity contribution in [3.8, 4) is 6.07 Å². The summed E-state index contributed by atoms with van der Waals surface area (Å²) in [6.45, 7) is 1.80. The molecule has 1 heterocycles. The molecule has 0 amide bonds. The second-order valence-electron chi connectivity index (χ2n) is 1.91. The lowest BCUT2D eigenvalue weighted by Crippen LogP contribution is -1.71. The van der Waals surface area contributed by atoms with E-state index in [1.807, 2.05) is 6.07 Å². The van der Waals surface area contributed by atoms with Crippen molar-refractivity contribution in [3.63, 3.8) is 0 Å². The number of nitrogens with zero attached hydrogens (tertiary/aromatic N) is 2. The molecule has 0 radical (unpaired) electrons. The van der Waals surface area contributed by atoms with E-state index in [-0.39, 0.29) is 0 Å². The summed E-state index contributed by atoms with van der Waals surface area (Å²) in [5, 5.41) is 10.8. The SMILES string of the molecule is Cc1csc(N=C=O)c1C#N. The molecule has 0 N–H and O–H groups in total. The largest absolute Gasteiger partial charge is 0.241 e. The summed E-state index contributed by atoms with van der Waals surface area (Å²) in [6.07, 6.45) is 1.41. The van der Waals surface area contributed by atoms with Crippen molar-refractivity contribution in [2.75, 3.05) is 0 Å². The maximum atomic E-state index is 9.86. The highest BCUT2D eigenvalue weighted by Gasteiger charge is 2.05. The summed E-state index contributed by atoms with van der Waals surface area (Å²) in [7, 11) is 0. The van der Waals surface area contributed by atoms with Crippen LogP contribution in [0.1, 0.15) is 11.1 Å². The molecule has 0 fully saturated rings. The van der Waals surface area contributed by atoms with E-state index in [1.54, 1.807) is 12.3 Å². The number of hydrogen-bond donors (Lipinski definition) is 0. The average molecular weight is 164 g/mol. The molecule has 0 aromatic carbocycles. The molecule has 1 aromatic heterocycles. The van der Waals surface area contributed by atoms with Crippen LogP contribution in [-0.2, 0) is 4.79 Å². The van der Waals surface area contributed by atoms with Crippen molar-refractivity contribution >= 4 is 22.4 Å². The Balaban J connectivity index is 3.29. The minimum absolute atomic E-state index is 0.444. The Hall–Kier alpha value is -1.43. The monoisotopic (exact) mass is 164 g/mol. The third-order valence-corrected chi connectivity index (χ3v) is 2.20. The van der Waals surface area contributed by atoms with Crippen LogP contribution in [0.5, 0.6) is 0 Å². The fraction of sp³-hybridized carbons (Fsp3) is 0.143. The number of thiophene rings is 1. The first-order valence-electron chi connectivity index (χ1n) is 2.85. The zero-order valence-corrected chi connectivity index (χ0v) is 6.60. The summed E-state index contributed by atoms with van der Waals surface area (Å²) >= 11 is 1.27. The van der Waals surface area contributed by atoms with Crippen LogP contribution in [0.25, 0.3) is 0 Å². The summed E-state index contributed by atoms with van der Waals surface area (Å²) in [6, 6.07) is 1.97. The van der Waals surface area contributed by atoms with Crippen molar-refractivity contribution in [2.24, 2.45) is 4.99 Å². The van der Waals surface area contributed by atoms with Crippen molar-refractivity contribution in [1.29, 1.82) is 5.26 Å². The van der Waals surface area contributed by atoms with E-state index < -0.39 is 0 Å².